The Morgan fingerprint density at radius 3 is 2.52 bits per heavy atom. The summed E-state index contributed by atoms with van der Waals surface area (Å²) < 4.78 is 10.4. The summed E-state index contributed by atoms with van der Waals surface area (Å²) in [4.78, 5) is 25.3. The summed E-state index contributed by atoms with van der Waals surface area (Å²) in [6.07, 6.45) is 0.158. The Hall–Kier alpha value is -2.24. The van der Waals surface area contributed by atoms with Crippen LogP contribution in [-0.4, -0.2) is 25.5 Å². The van der Waals surface area contributed by atoms with E-state index in [1.165, 1.54) is 7.11 Å². The van der Waals surface area contributed by atoms with E-state index < -0.39 is 5.92 Å². The van der Waals surface area contributed by atoms with Crippen molar-refractivity contribution in [2.24, 2.45) is 5.92 Å². The molecule has 0 spiro atoms. The number of nitrogens with zero attached hydrogens (tertiary/aromatic N) is 1. The highest BCUT2D eigenvalue weighted by Crippen LogP contribution is 2.33. The summed E-state index contributed by atoms with van der Waals surface area (Å²) in [5.74, 6) is 0.158. The van der Waals surface area contributed by atoms with Gasteiger partial charge in [-0.2, -0.15) is 0 Å². The summed E-state index contributed by atoms with van der Waals surface area (Å²) in [6.45, 7) is 0.314. The molecule has 0 bridgehead atoms. The lowest BCUT2D eigenvalue weighted by atomic mass is 10.1. The molecule has 1 amide bonds. The van der Waals surface area contributed by atoms with Crippen molar-refractivity contribution in [1.82, 2.24) is 0 Å². The molecule has 1 aliphatic heterocycles. The van der Waals surface area contributed by atoms with Gasteiger partial charge < -0.3 is 14.4 Å². The Morgan fingerprint density at radius 2 is 1.88 bits per heavy atom. The van der Waals surface area contributed by atoms with Gasteiger partial charge in [-0.15, -0.1) is 0 Å². The van der Waals surface area contributed by atoms with Gasteiger partial charge >= 0.3 is 5.97 Å². The van der Waals surface area contributed by atoms with Crippen LogP contribution in [0, 0.1) is 5.92 Å². The number of benzene rings is 2. The molecule has 5 nitrogen and oxygen atoms in total. The largest absolute Gasteiger partial charge is 0.469 e. The van der Waals surface area contributed by atoms with Crippen LogP contribution in [0.4, 0.5) is 5.69 Å². The Labute approximate surface area is 155 Å². The first kappa shape index (κ1) is 17.6. The van der Waals surface area contributed by atoms with Crippen molar-refractivity contribution in [2.45, 2.75) is 6.42 Å². The second-order valence-electron chi connectivity index (χ2n) is 5.60. The molecule has 130 valence electrons. The van der Waals surface area contributed by atoms with E-state index in [1.807, 2.05) is 0 Å². The van der Waals surface area contributed by atoms with Crippen molar-refractivity contribution in [3.8, 4) is 11.5 Å². The number of carbonyl (C=O) groups is 2. The molecule has 1 aliphatic rings. The maximum atomic E-state index is 12.1. The van der Waals surface area contributed by atoms with Gasteiger partial charge in [-0.05, 0) is 42.5 Å². The molecular weight excluding hydrogens is 365 g/mol. The second kappa shape index (κ2) is 7.33. The molecule has 1 heterocycles. The van der Waals surface area contributed by atoms with Gasteiger partial charge in [-0.25, -0.2) is 0 Å². The zero-order valence-electron chi connectivity index (χ0n) is 13.4. The fourth-order valence-corrected chi connectivity index (χ4v) is 3.11. The summed E-state index contributed by atoms with van der Waals surface area (Å²) >= 11 is 11.9. The van der Waals surface area contributed by atoms with Crippen LogP contribution in [0.25, 0.3) is 0 Å². The van der Waals surface area contributed by atoms with E-state index in [1.54, 1.807) is 47.4 Å². The predicted octanol–water partition coefficient (Wildman–Crippen LogP) is 4.31. The number of hydrogen-bond donors (Lipinski definition) is 0. The molecule has 1 atom stereocenters. The Kier molecular flexibility index (Phi) is 5.16. The molecular formula is C18H15Cl2NO4. The Balaban J connectivity index is 1.72. The second-order valence-corrected chi connectivity index (χ2v) is 6.44. The Morgan fingerprint density at radius 1 is 1.16 bits per heavy atom. The third kappa shape index (κ3) is 3.89. The van der Waals surface area contributed by atoms with E-state index in [0.29, 0.717) is 33.8 Å². The van der Waals surface area contributed by atoms with Crippen molar-refractivity contribution < 1.29 is 19.1 Å². The smallest absolute Gasteiger partial charge is 0.311 e. The van der Waals surface area contributed by atoms with Crippen LogP contribution in [0.1, 0.15) is 6.42 Å². The van der Waals surface area contributed by atoms with Crippen LogP contribution in [0.3, 0.4) is 0 Å². The number of methoxy groups -OCH3 is 1. The highest BCUT2D eigenvalue weighted by Gasteiger charge is 2.35. The van der Waals surface area contributed by atoms with Gasteiger partial charge in [0, 0.05) is 23.7 Å². The Bertz CT molecular complexity index is 807. The lowest BCUT2D eigenvalue weighted by molar-refractivity contribution is -0.145. The molecule has 3 rings (SSSR count). The molecule has 0 saturated carbocycles. The summed E-state index contributed by atoms with van der Waals surface area (Å²) in [5.41, 5.74) is 0.700. The molecule has 1 unspecified atom stereocenters. The number of esters is 1. The quantitative estimate of drug-likeness (QED) is 0.742. The van der Waals surface area contributed by atoms with Crippen molar-refractivity contribution >= 4 is 40.8 Å². The summed E-state index contributed by atoms with van der Waals surface area (Å²) in [6, 6.07) is 12.0. The van der Waals surface area contributed by atoms with E-state index in [4.69, 9.17) is 32.7 Å². The molecule has 0 N–H and O–H groups in total. The first-order valence-corrected chi connectivity index (χ1v) is 8.34. The molecule has 0 aromatic heterocycles. The zero-order valence-corrected chi connectivity index (χ0v) is 14.9. The third-order valence-electron chi connectivity index (χ3n) is 3.93. The highest BCUT2D eigenvalue weighted by atomic mass is 35.5. The maximum Gasteiger partial charge on any atom is 0.311 e. The monoisotopic (exact) mass is 379 g/mol. The van der Waals surface area contributed by atoms with E-state index in [0.717, 1.165) is 0 Å². The predicted molar refractivity (Wildman–Crippen MR) is 95.5 cm³/mol. The van der Waals surface area contributed by atoms with Crippen molar-refractivity contribution in [3.63, 3.8) is 0 Å². The van der Waals surface area contributed by atoms with E-state index >= 15 is 0 Å². The van der Waals surface area contributed by atoms with E-state index in [-0.39, 0.29) is 18.3 Å². The van der Waals surface area contributed by atoms with Crippen molar-refractivity contribution in [3.05, 3.63) is 52.5 Å². The number of halogens is 2. The minimum absolute atomic E-state index is 0.107. The maximum absolute atomic E-state index is 12.1. The molecule has 0 aliphatic carbocycles. The number of carbonyl (C=O) groups excluding carboxylic acids is 2. The normalized spacial score (nSPS) is 16.8. The van der Waals surface area contributed by atoms with Crippen LogP contribution in [-0.2, 0) is 14.3 Å². The topological polar surface area (TPSA) is 55.8 Å². The van der Waals surface area contributed by atoms with Gasteiger partial charge in [0.2, 0.25) is 5.91 Å². The standard InChI is InChI=1S/C18H15Cl2NO4/c1-24-18(23)11-8-17(22)21(10-11)13-3-5-14(6-4-13)25-16-7-2-12(19)9-15(16)20/h2-7,9,11H,8,10H2,1H3. The van der Waals surface area contributed by atoms with Gasteiger partial charge in [0.1, 0.15) is 11.5 Å². The molecule has 2 aromatic carbocycles. The van der Waals surface area contributed by atoms with Gasteiger partial charge in [0.15, 0.2) is 0 Å². The fourth-order valence-electron chi connectivity index (χ4n) is 2.66. The first-order valence-electron chi connectivity index (χ1n) is 7.59. The number of hydrogen-bond acceptors (Lipinski definition) is 4. The highest BCUT2D eigenvalue weighted by molar-refractivity contribution is 6.35. The van der Waals surface area contributed by atoms with Crippen LogP contribution in [0.2, 0.25) is 10.0 Å². The van der Waals surface area contributed by atoms with E-state index in [2.05, 4.69) is 0 Å². The first-order chi connectivity index (χ1) is 12.0. The fraction of sp³-hybridized carbons (Fsp3) is 0.222. The average Bonchev–Trinajstić information content (AvgIpc) is 2.99. The minimum atomic E-state index is -0.429. The van der Waals surface area contributed by atoms with Gasteiger partial charge in [0.25, 0.3) is 0 Å². The lowest BCUT2D eigenvalue weighted by Crippen LogP contribution is -2.26. The SMILES string of the molecule is COC(=O)C1CC(=O)N(c2ccc(Oc3ccc(Cl)cc3Cl)cc2)C1. The average molecular weight is 380 g/mol. The number of rotatable bonds is 4. The van der Waals surface area contributed by atoms with Crippen LogP contribution >= 0.6 is 23.2 Å². The minimum Gasteiger partial charge on any atom is -0.469 e. The van der Waals surface area contributed by atoms with Crippen LogP contribution < -0.4 is 9.64 Å². The van der Waals surface area contributed by atoms with Crippen LogP contribution in [0.15, 0.2) is 42.5 Å². The summed E-state index contributed by atoms with van der Waals surface area (Å²) in [5, 5.41) is 0.938. The number of amides is 1. The van der Waals surface area contributed by atoms with Crippen molar-refractivity contribution in [2.75, 3.05) is 18.6 Å². The zero-order chi connectivity index (χ0) is 18.0. The van der Waals surface area contributed by atoms with Gasteiger partial charge in [0.05, 0.1) is 18.1 Å². The lowest BCUT2D eigenvalue weighted by Gasteiger charge is -2.17. The van der Waals surface area contributed by atoms with Crippen LogP contribution in [0.5, 0.6) is 11.5 Å². The molecule has 2 aromatic rings. The van der Waals surface area contributed by atoms with Gasteiger partial charge in [-0.3, -0.25) is 9.59 Å². The number of anilines is 1. The number of ether oxygens (including phenoxy) is 2. The molecule has 1 fully saturated rings. The molecule has 1 saturated heterocycles. The van der Waals surface area contributed by atoms with Crippen molar-refractivity contribution in [1.29, 1.82) is 0 Å². The third-order valence-corrected chi connectivity index (χ3v) is 4.46. The van der Waals surface area contributed by atoms with Gasteiger partial charge in [-0.1, -0.05) is 23.2 Å². The molecule has 0 radical (unpaired) electrons. The molecule has 25 heavy (non-hydrogen) atoms. The molecule has 7 heteroatoms. The summed E-state index contributed by atoms with van der Waals surface area (Å²) in [7, 11) is 1.32. The van der Waals surface area contributed by atoms with E-state index in [9.17, 15) is 9.59 Å².